The quantitative estimate of drug-likeness (QED) is 0.753. The second kappa shape index (κ2) is 7.37. The molecular weight excluding hydrogens is 230 g/mol. The molecule has 0 spiro atoms. The van der Waals surface area contributed by atoms with Crippen molar-refractivity contribution < 1.29 is 14.3 Å². The van der Waals surface area contributed by atoms with Crippen LogP contribution in [0, 0.1) is 0 Å². The lowest BCUT2D eigenvalue weighted by Crippen LogP contribution is -2.38. The molecule has 0 aliphatic carbocycles. The van der Waals surface area contributed by atoms with Gasteiger partial charge in [0.15, 0.2) is 6.10 Å². The van der Waals surface area contributed by atoms with Crippen LogP contribution in [0.15, 0.2) is 36.9 Å². The zero-order chi connectivity index (χ0) is 13.4. The molecule has 18 heavy (non-hydrogen) atoms. The molecule has 1 rings (SSSR count). The van der Waals surface area contributed by atoms with Crippen molar-refractivity contribution >= 4 is 5.91 Å². The average molecular weight is 249 g/mol. The normalized spacial score (nSPS) is 11.4. The summed E-state index contributed by atoms with van der Waals surface area (Å²) in [6.07, 6.45) is 1.73. The smallest absolute Gasteiger partial charge is 0.261 e. The minimum Gasteiger partial charge on any atom is -0.497 e. The van der Waals surface area contributed by atoms with Gasteiger partial charge in [-0.25, -0.2) is 0 Å². The first-order valence-electron chi connectivity index (χ1n) is 5.90. The first kappa shape index (κ1) is 14.1. The minimum atomic E-state index is -0.503. The summed E-state index contributed by atoms with van der Waals surface area (Å²) >= 11 is 0. The van der Waals surface area contributed by atoms with E-state index in [-0.39, 0.29) is 5.91 Å². The van der Waals surface area contributed by atoms with Gasteiger partial charge in [-0.15, -0.1) is 6.58 Å². The van der Waals surface area contributed by atoms with Gasteiger partial charge in [-0.3, -0.25) is 4.79 Å². The Kier molecular flexibility index (Phi) is 5.77. The Labute approximate surface area is 108 Å². The Bertz CT molecular complexity index is 404. The summed E-state index contributed by atoms with van der Waals surface area (Å²) in [7, 11) is 1.59. The van der Waals surface area contributed by atoms with Gasteiger partial charge >= 0.3 is 0 Å². The molecule has 0 aromatic heterocycles. The van der Waals surface area contributed by atoms with Gasteiger partial charge in [0.2, 0.25) is 0 Å². The molecule has 1 unspecified atom stereocenters. The van der Waals surface area contributed by atoms with E-state index in [2.05, 4.69) is 11.9 Å². The number of rotatable bonds is 7. The van der Waals surface area contributed by atoms with Crippen molar-refractivity contribution in [1.82, 2.24) is 5.32 Å². The van der Waals surface area contributed by atoms with E-state index < -0.39 is 6.10 Å². The van der Waals surface area contributed by atoms with E-state index in [1.54, 1.807) is 25.3 Å². The topological polar surface area (TPSA) is 47.6 Å². The first-order chi connectivity index (χ1) is 8.71. The number of amides is 1. The maximum Gasteiger partial charge on any atom is 0.261 e. The number of methoxy groups -OCH3 is 1. The van der Waals surface area contributed by atoms with E-state index in [0.717, 1.165) is 0 Å². The zero-order valence-corrected chi connectivity index (χ0v) is 10.8. The van der Waals surface area contributed by atoms with Crippen molar-refractivity contribution in [2.24, 2.45) is 0 Å². The number of hydrogen-bond acceptors (Lipinski definition) is 3. The van der Waals surface area contributed by atoms with Gasteiger partial charge in [0.1, 0.15) is 11.5 Å². The molecule has 98 valence electrons. The molecule has 0 radical (unpaired) electrons. The molecule has 0 bridgehead atoms. The lowest BCUT2D eigenvalue weighted by atomic mass is 10.2. The highest BCUT2D eigenvalue weighted by Crippen LogP contribution is 2.20. The van der Waals surface area contributed by atoms with Crippen molar-refractivity contribution in [3.63, 3.8) is 0 Å². The molecule has 0 heterocycles. The predicted octanol–water partition coefficient (Wildman–Crippen LogP) is 2.15. The molecule has 0 saturated heterocycles. The Hall–Kier alpha value is -1.97. The number of benzene rings is 1. The van der Waals surface area contributed by atoms with Crippen molar-refractivity contribution in [3.05, 3.63) is 36.9 Å². The van der Waals surface area contributed by atoms with Crippen molar-refractivity contribution in [2.75, 3.05) is 13.7 Å². The third-order valence-electron chi connectivity index (χ3n) is 2.40. The van der Waals surface area contributed by atoms with Gasteiger partial charge in [0.25, 0.3) is 5.91 Å². The van der Waals surface area contributed by atoms with E-state index in [1.165, 1.54) is 0 Å². The maximum absolute atomic E-state index is 11.8. The van der Waals surface area contributed by atoms with Crippen LogP contribution in [0.4, 0.5) is 0 Å². The molecule has 1 aromatic carbocycles. The zero-order valence-electron chi connectivity index (χ0n) is 10.8. The van der Waals surface area contributed by atoms with Crippen LogP contribution in [0.3, 0.4) is 0 Å². The fourth-order valence-corrected chi connectivity index (χ4v) is 1.45. The Balaban J connectivity index is 2.66. The second-order valence-corrected chi connectivity index (χ2v) is 3.73. The van der Waals surface area contributed by atoms with Crippen molar-refractivity contribution in [2.45, 2.75) is 19.4 Å². The molecule has 1 amide bonds. The van der Waals surface area contributed by atoms with E-state index in [4.69, 9.17) is 9.47 Å². The van der Waals surface area contributed by atoms with Crippen LogP contribution < -0.4 is 14.8 Å². The fourth-order valence-electron chi connectivity index (χ4n) is 1.45. The molecular formula is C14H19NO3. The summed E-state index contributed by atoms with van der Waals surface area (Å²) in [5.74, 6) is 1.18. The molecule has 0 fully saturated rings. The highest BCUT2D eigenvalue weighted by molar-refractivity contribution is 5.81. The molecule has 0 aliphatic heterocycles. The second-order valence-electron chi connectivity index (χ2n) is 3.73. The summed E-state index contributed by atoms with van der Waals surface area (Å²) in [5.41, 5.74) is 0. The molecule has 0 saturated carbocycles. The average Bonchev–Trinajstić information content (AvgIpc) is 2.42. The SMILES string of the molecule is C=CCNC(=O)C(CC)Oc1cccc(OC)c1. The summed E-state index contributed by atoms with van der Waals surface area (Å²) in [6.45, 7) is 5.89. The lowest BCUT2D eigenvalue weighted by molar-refractivity contribution is -0.127. The molecule has 1 aromatic rings. The minimum absolute atomic E-state index is 0.139. The highest BCUT2D eigenvalue weighted by atomic mass is 16.5. The van der Waals surface area contributed by atoms with Gasteiger partial charge in [-0.05, 0) is 18.6 Å². The monoisotopic (exact) mass is 249 g/mol. The number of ether oxygens (including phenoxy) is 2. The standard InChI is InChI=1S/C14H19NO3/c1-4-9-15-14(16)13(5-2)18-12-8-6-7-11(10-12)17-3/h4,6-8,10,13H,1,5,9H2,2-3H3,(H,15,16). The van der Waals surface area contributed by atoms with Crippen LogP contribution in [0.2, 0.25) is 0 Å². The molecule has 4 nitrogen and oxygen atoms in total. The van der Waals surface area contributed by atoms with Gasteiger partial charge < -0.3 is 14.8 Å². The summed E-state index contributed by atoms with van der Waals surface area (Å²) in [5, 5.41) is 2.72. The maximum atomic E-state index is 11.8. The molecule has 1 N–H and O–H groups in total. The van der Waals surface area contributed by atoms with E-state index in [9.17, 15) is 4.79 Å². The molecule has 4 heteroatoms. The van der Waals surface area contributed by atoms with Crippen molar-refractivity contribution in [1.29, 1.82) is 0 Å². The van der Waals surface area contributed by atoms with Crippen LogP contribution in [0.25, 0.3) is 0 Å². The number of carbonyl (C=O) groups is 1. The van der Waals surface area contributed by atoms with Crippen LogP contribution in [-0.2, 0) is 4.79 Å². The van der Waals surface area contributed by atoms with Crippen LogP contribution in [0.1, 0.15) is 13.3 Å². The fraction of sp³-hybridized carbons (Fsp3) is 0.357. The Morgan fingerprint density at radius 2 is 2.22 bits per heavy atom. The van der Waals surface area contributed by atoms with Gasteiger partial charge in [-0.1, -0.05) is 19.1 Å². The highest BCUT2D eigenvalue weighted by Gasteiger charge is 2.17. The summed E-state index contributed by atoms with van der Waals surface area (Å²) in [4.78, 5) is 11.8. The van der Waals surface area contributed by atoms with Gasteiger partial charge in [-0.2, -0.15) is 0 Å². The first-order valence-corrected chi connectivity index (χ1v) is 5.90. The third kappa shape index (κ3) is 4.13. The van der Waals surface area contributed by atoms with Crippen LogP contribution in [-0.4, -0.2) is 25.7 Å². The van der Waals surface area contributed by atoms with Crippen LogP contribution in [0.5, 0.6) is 11.5 Å². The Morgan fingerprint density at radius 3 is 2.83 bits per heavy atom. The van der Waals surface area contributed by atoms with Crippen LogP contribution >= 0.6 is 0 Å². The summed E-state index contributed by atoms with van der Waals surface area (Å²) in [6, 6.07) is 7.20. The predicted molar refractivity (Wildman–Crippen MR) is 70.9 cm³/mol. The lowest BCUT2D eigenvalue weighted by Gasteiger charge is -2.17. The van der Waals surface area contributed by atoms with E-state index in [1.807, 2.05) is 19.1 Å². The van der Waals surface area contributed by atoms with E-state index >= 15 is 0 Å². The summed E-state index contributed by atoms with van der Waals surface area (Å²) < 4.78 is 10.7. The molecule has 0 aliphatic rings. The van der Waals surface area contributed by atoms with Crippen molar-refractivity contribution in [3.8, 4) is 11.5 Å². The number of hydrogen-bond donors (Lipinski definition) is 1. The Morgan fingerprint density at radius 1 is 1.50 bits per heavy atom. The third-order valence-corrected chi connectivity index (χ3v) is 2.40. The largest absolute Gasteiger partial charge is 0.497 e. The number of carbonyl (C=O) groups excluding carboxylic acids is 1. The molecule has 1 atom stereocenters. The van der Waals surface area contributed by atoms with Gasteiger partial charge in [0, 0.05) is 12.6 Å². The number of nitrogens with one attached hydrogen (secondary N) is 1. The van der Waals surface area contributed by atoms with Gasteiger partial charge in [0.05, 0.1) is 7.11 Å². The van der Waals surface area contributed by atoms with E-state index in [0.29, 0.717) is 24.5 Å².